The Balaban J connectivity index is 1.66. The second-order valence-corrected chi connectivity index (χ2v) is 7.41. The van der Waals surface area contributed by atoms with Gasteiger partial charge in [-0.25, -0.2) is 4.68 Å². The Kier molecular flexibility index (Phi) is 5.47. The highest BCUT2D eigenvalue weighted by Crippen LogP contribution is 2.25. The van der Waals surface area contributed by atoms with Gasteiger partial charge in [-0.05, 0) is 19.1 Å². The average Bonchev–Trinajstić information content (AvgIpc) is 3.41. The van der Waals surface area contributed by atoms with E-state index in [0.29, 0.717) is 31.0 Å². The molecule has 0 bridgehead atoms. The lowest BCUT2D eigenvalue weighted by Gasteiger charge is -2.25. The zero-order valence-corrected chi connectivity index (χ0v) is 16.7. The molecule has 0 radical (unpaired) electrons. The van der Waals surface area contributed by atoms with Crippen LogP contribution in [0.1, 0.15) is 22.3 Å². The molecule has 2 heterocycles. The number of hydrogen-bond donors (Lipinski definition) is 1. The third-order valence-corrected chi connectivity index (χ3v) is 5.38. The summed E-state index contributed by atoms with van der Waals surface area (Å²) in [7, 11) is 1.66. The van der Waals surface area contributed by atoms with E-state index >= 15 is 0 Å². The number of hydrogen-bond acceptors (Lipinski definition) is 4. The molecule has 0 spiro atoms. The van der Waals surface area contributed by atoms with Crippen molar-refractivity contribution in [3.8, 4) is 16.9 Å². The molecule has 1 N–H and O–H groups in total. The number of nitrogens with zero attached hydrogens (tertiary/aromatic N) is 2. The number of ether oxygens (including phenoxy) is 2. The zero-order valence-electron chi connectivity index (χ0n) is 16.7. The molecule has 0 aliphatic carbocycles. The number of methoxy groups -OCH3 is 1. The molecular formula is C23H25N3O3. The number of rotatable bonds is 6. The minimum absolute atomic E-state index is 0.175. The lowest BCUT2D eigenvalue weighted by Crippen LogP contribution is -2.45. The summed E-state index contributed by atoms with van der Waals surface area (Å²) in [5.41, 5.74) is 3.68. The summed E-state index contributed by atoms with van der Waals surface area (Å²) >= 11 is 0. The quantitative estimate of drug-likeness (QED) is 0.700. The van der Waals surface area contributed by atoms with Crippen LogP contribution >= 0.6 is 0 Å². The van der Waals surface area contributed by atoms with E-state index in [2.05, 4.69) is 5.32 Å². The molecule has 1 aliphatic rings. The zero-order chi connectivity index (χ0) is 20.3. The van der Waals surface area contributed by atoms with Crippen molar-refractivity contribution in [2.45, 2.75) is 18.9 Å². The molecule has 1 fully saturated rings. The highest BCUT2D eigenvalue weighted by Gasteiger charge is 2.35. The number of aromatic nitrogens is 2. The summed E-state index contributed by atoms with van der Waals surface area (Å²) in [4.78, 5) is 13.1. The smallest absolute Gasteiger partial charge is 0.255 e. The van der Waals surface area contributed by atoms with Gasteiger partial charge in [-0.1, -0.05) is 48.0 Å². The summed E-state index contributed by atoms with van der Waals surface area (Å²) in [6.45, 7) is 3.56. The molecule has 0 unspecified atom stereocenters. The van der Waals surface area contributed by atoms with Gasteiger partial charge in [0.1, 0.15) is 11.3 Å². The number of amides is 1. The van der Waals surface area contributed by atoms with Crippen molar-refractivity contribution in [3.63, 3.8) is 0 Å². The molecule has 1 amide bonds. The Morgan fingerprint density at radius 3 is 2.62 bits per heavy atom. The van der Waals surface area contributed by atoms with Gasteiger partial charge in [-0.2, -0.15) is 5.10 Å². The van der Waals surface area contributed by atoms with Crippen LogP contribution in [0.25, 0.3) is 16.9 Å². The largest absolute Gasteiger partial charge is 0.378 e. The van der Waals surface area contributed by atoms with E-state index in [1.54, 1.807) is 18.0 Å². The van der Waals surface area contributed by atoms with Crippen LogP contribution in [0.2, 0.25) is 0 Å². The van der Waals surface area contributed by atoms with Gasteiger partial charge in [-0.3, -0.25) is 4.79 Å². The Labute approximate surface area is 170 Å². The van der Waals surface area contributed by atoms with Gasteiger partial charge in [-0.15, -0.1) is 0 Å². The van der Waals surface area contributed by atoms with E-state index in [0.717, 1.165) is 23.2 Å². The van der Waals surface area contributed by atoms with Crippen LogP contribution < -0.4 is 5.32 Å². The second-order valence-electron chi connectivity index (χ2n) is 7.41. The maximum atomic E-state index is 13.1. The van der Waals surface area contributed by atoms with Crippen LogP contribution in [-0.2, 0) is 9.47 Å². The van der Waals surface area contributed by atoms with Gasteiger partial charge in [0, 0.05) is 38.4 Å². The number of aryl methyl sites for hydroxylation is 1. The van der Waals surface area contributed by atoms with E-state index in [4.69, 9.17) is 14.6 Å². The topological polar surface area (TPSA) is 65.4 Å². The third-order valence-electron chi connectivity index (χ3n) is 5.38. The van der Waals surface area contributed by atoms with Crippen molar-refractivity contribution < 1.29 is 14.3 Å². The Morgan fingerprint density at radius 1 is 1.21 bits per heavy atom. The standard InChI is InChI=1S/C23H25N3O3/c1-17-8-10-18(11-9-17)21-20(14-26(25-21)19-6-4-3-5-7-19)22(27)24-15-23(28-2)12-13-29-16-23/h3-11,14H,12-13,15-16H2,1-2H3,(H,24,27)/t23-/m1/s1. The Bertz CT molecular complexity index is 974. The first-order valence-electron chi connectivity index (χ1n) is 9.73. The van der Waals surface area contributed by atoms with Crippen molar-refractivity contribution in [3.05, 3.63) is 71.9 Å². The van der Waals surface area contributed by atoms with Crippen LogP contribution in [0, 0.1) is 6.92 Å². The SMILES string of the molecule is CO[C@@]1(CNC(=O)c2cn(-c3ccccc3)nc2-c2ccc(C)cc2)CCOC1. The van der Waals surface area contributed by atoms with E-state index < -0.39 is 5.60 Å². The molecule has 0 saturated carbocycles. The fourth-order valence-corrected chi connectivity index (χ4v) is 3.48. The molecule has 1 atom stereocenters. The molecule has 4 rings (SSSR count). The highest BCUT2D eigenvalue weighted by atomic mass is 16.5. The predicted molar refractivity (Wildman–Crippen MR) is 111 cm³/mol. The number of carbonyl (C=O) groups excluding carboxylic acids is 1. The summed E-state index contributed by atoms with van der Waals surface area (Å²) < 4.78 is 12.8. The van der Waals surface area contributed by atoms with Crippen LogP contribution in [-0.4, -0.2) is 48.2 Å². The van der Waals surface area contributed by atoms with Gasteiger partial charge in [0.15, 0.2) is 0 Å². The molecule has 1 saturated heterocycles. The lowest BCUT2D eigenvalue weighted by molar-refractivity contribution is -0.0148. The van der Waals surface area contributed by atoms with Gasteiger partial charge < -0.3 is 14.8 Å². The van der Waals surface area contributed by atoms with E-state index in [-0.39, 0.29) is 5.91 Å². The number of para-hydroxylation sites is 1. The summed E-state index contributed by atoms with van der Waals surface area (Å²) in [5, 5.41) is 7.74. The maximum Gasteiger partial charge on any atom is 0.255 e. The summed E-state index contributed by atoms with van der Waals surface area (Å²) in [6.07, 6.45) is 2.54. The molecule has 150 valence electrons. The normalized spacial score (nSPS) is 18.7. The molecule has 6 heteroatoms. The molecule has 1 aliphatic heterocycles. The number of benzene rings is 2. The first kappa shape index (κ1) is 19.4. The fourth-order valence-electron chi connectivity index (χ4n) is 3.48. The van der Waals surface area contributed by atoms with Crippen LogP contribution in [0.5, 0.6) is 0 Å². The van der Waals surface area contributed by atoms with Crippen LogP contribution in [0.4, 0.5) is 0 Å². The molecular weight excluding hydrogens is 366 g/mol. The summed E-state index contributed by atoms with van der Waals surface area (Å²) in [5.74, 6) is -0.175. The monoisotopic (exact) mass is 391 g/mol. The lowest BCUT2D eigenvalue weighted by atomic mass is 10.0. The molecule has 2 aromatic carbocycles. The Hall–Kier alpha value is -2.96. The first-order valence-corrected chi connectivity index (χ1v) is 9.73. The second kappa shape index (κ2) is 8.19. The van der Waals surface area contributed by atoms with Gasteiger partial charge in [0.2, 0.25) is 0 Å². The van der Waals surface area contributed by atoms with Crippen molar-refractivity contribution in [2.75, 3.05) is 26.9 Å². The summed E-state index contributed by atoms with van der Waals surface area (Å²) in [6, 6.07) is 17.8. The van der Waals surface area contributed by atoms with Crippen molar-refractivity contribution in [1.29, 1.82) is 0 Å². The Morgan fingerprint density at radius 2 is 1.97 bits per heavy atom. The van der Waals surface area contributed by atoms with E-state index in [9.17, 15) is 4.79 Å². The maximum absolute atomic E-state index is 13.1. The fraction of sp³-hybridized carbons (Fsp3) is 0.304. The van der Waals surface area contributed by atoms with Crippen molar-refractivity contribution in [2.24, 2.45) is 0 Å². The first-order chi connectivity index (χ1) is 14.1. The van der Waals surface area contributed by atoms with Crippen molar-refractivity contribution in [1.82, 2.24) is 15.1 Å². The van der Waals surface area contributed by atoms with Gasteiger partial charge >= 0.3 is 0 Å². The molecule has 1 aromatic heterocycles. The minimum Gasteiger partial charge on any atom is -0.378 e. The van der Waals surface area contributed by atoms with E-state index in [1.165, 1.54) is 0 Å². The number of nitrogens with one attached hydrogen (secondary N) is 1. The van der Waals surface area contributed by atoms with Crippen molar-refractivity contribution >= 4 is 5.91 Å². The molecule has 3 aromatic rings. The van der Waals surface area contributed by atoms with Crippen LogP contribution in [0.15, 0.2) is 60.8 Å². The highest BCUT2D eigenvalue weighted by molar-refractivity contribution is 6.00. The third kappa shape index (κ3) is 4.09. The van der Waals surface area contributed by atoms with Crippen LogP contribution in [0.3, 0.4) is 0 Å². The number of carbonyl (C=O) groups is 1. The minimum atomic E-state index is -0.463. The predicted octanol–water partition coefficient (Wildman–Crippen LogP) is 3.38. The van der Waals surface area contributed by atoms with Gasteiger partial charge in [0.25, 0.3) is 5.91 Å². The average molecular weight is 391 g/mol. The molecule has 29 heavy (non-hydrogen) atoms. The van der Waals surface area contributed by atoms with Gasteiger partial charge in [0.05, 0.1) is 17.9 Å². The van der Waals surface area contributed by atoms with E-state index in [1.807, 2.05) is 61.5 Å². The molecule has 6 nitrogen and oxygen atoms in total.